The Morgan fingerprint density at radius 1 is 1.57 bits per heavy atom. The van der Waals surface area contributed by atoms with Crippen LogP contribution in [0.2, 0.25) is 0 Å². The zero-order chi connectivity index (χ0) is 10.9. The third-order valence-electron chi connectivity index (χ3n) is 1.75. The molecule has 1 rings (SSSR count). The van der Waals surface area contributed by atoms with E-state index in [4.69, 9.17) is 11.5 Å². The zero-order valence-corrected chi connectivity index (χ0v) is 7.42. The van der Waals surface area contributed by atoms with Gasteiger partial charge < -0.3 is 11.5 Å². The number of halogens is 2. The number of anilines is 1. The molecule has 0 saturated carbocycles. The SMILES string of the molecule is Cc1cc(C(N)=O)c(N)nc1C(F)F. The van der Waals surface area contributed by atoms with Crippen LogP contribution in [0.5, 0.6) is 0 Å². The molecular weight excluding hydrogens is 192 g/mol. The molecule has 0 atom stereocenters. The van der Waals surface area contributed by atoms with Gasteiger partial charge in [0.1, 0.15) is 11.5 Å². The molecule has 14 heavy (non-hydrogen) atoms. The standard InChI is InChI=1S/C8H9F2N3O/c1-3-2-4(8(12)14)7(11)13-5(3)6(9)10/h2,6H,1H3,(H2,11,13)(H2,12,14). The molecule has 0 aliphatic rings. The second kappa shape index (κ2) is 3.57. The lowest BCUT2D eigenvalue weighted by Gasteiger charge is -2.07. The van der Waals surface area contributed by atoms with Crippen LogP contribution in [-0.2, 0) is 0 Å². The van der Waals surface area contributed by atoms with E-state index in [9.17, 15) is 13.6 Å². The molecule has 0 fully saturated rings. The quantitative estimate of drug-likeness (QED) is 0.749. The maximum atomic E-state index is 12.3. The van der Waals surface area contributed by atoms with E-state index >= 15 is 0 Å². The topological polar surface area (TPSA) is 82.0 Å². The Morgan fingerprint density at radius 3 is 2.57 bits per heavy atom. The number of aryl methyl sites for hydroxylation is 1. The second-order valence-electron chi connectivity index (χ2n) is 2.79. The van der Waals surface area contributed by atoms with Gasteiger partial charge in [0.2, 0.25) is 0 Å². The summed E-state index contributed by atoms with van der Waals surface area (Å²) in [4.78, 5) is 14.2. The lowest BCUT2D eigenvalue weighted by Crippen LogP contribution is -2.16. The minimum atomic E-state index is -2.71. The minimum Gasteiger partial charge on any atom is -0.383 e. The molecule has 0 unspecified atom stereocenters. The van der Waals surface area contributed by atoms with E-state index in [2.05, 4.69) is 4.98 Å². The fourth-order valence-corrected chi connectivity index (χ4v) is 1.06. The molecule has 0 radical (unpaired) electrons. The highest BCUT2D eigenvalue weighted by molar-refractivity contribution is 5.97. The largest absolute Gasteiger partial charge is 0.383 e. The van der Waals surface area contributed by atoms with Crippen LogP contribution in [0.1, 0.15) is 28.0 Å². The van der Waals surface area contributed by atoms with Gasteiger partial charge in [-0.2, -0.15) is 0 Å². The fraction of sp³-hybridized carbons (Fsp3) is 0.250. The number of hydrogen-bond donors (Lipinski definition) is 2. The Balaban J connectivity index is 3.31. The van der Waals surface area contributed by atoms with Gasteiger partial charge in [0.25, 0.3) is 12.3 Å². The smallest absolute Gasteiger partial charge is 0.280 e. The molecule has 1 heterocycles. The molecular formula is C8H9F2N3O. The minimum absolute atomic E-state index is 0.0353. The van der Waals surface area contributed by atoms with Crippen molar-refractivity contribution >= 4 is 11.7 Å². The van der Waals surface area contributed by atoms with Gasteiger partial charge in [-0.05, 0) is 18.6 Å². The van der Waals surface area contributed by atoms with Crippen LogP contribution in [0.4, 0.5) is 14.6 Å². The van der Waals surface area contributed by atoms with Gasteiger partial charge >= 0.3 is 0 Å². The van der Waals surface area contributed by atoms with E-state index < -0.39 is 18.0 Å². The van der Waals surface area contributed by atoms with Crippen LogP contribution in [0.25, 0.3) is 0 Å². The maximum Gasteiger partial charge on any atom is 0.280 e. The molecule has 6 heteroatoms. The average molecular weight is 201 g/mol. The zero-order valence-electron chi connectivity index (χ0n) is 7.42. The van der Waals surface area contributed by atoms with Crippen molar-refractivity contribution < 1.29 is 13.6 Å². The predicted octanol–water partition coefficient (Wildman–Crippen LogP) is 1.01. The molecule has 4 nitrogen and oxygen atoms in total. The first-order chi connectivity index (χ1) is 6.43. The van der Waals surface area contributed by atoms with Crippen LogP contribution in [0, 0.1) is 6.92 Å². The summed E-state index contributed by atoms with van der Waals surface area (Å²) >= 11 is 0. The Kier molecular flexibility index (Phi) is 2.64. The van der Waals surface area contributed by atoms with E-state index in [1.807, 2.05) is 0 Å². The number of hydrogen-bond acceptors (Lipinski definition) is 3. The molecule has 0 saturated heterocycles. The van der Waals surface area contributed by atoms with Crippen LogP contribution in [-0.4, -0.2) is 10.9 Å². The van der Waals surface area contributed by atoms with Crippen molar-refractivity contribution in [3.8, 4) is 0 Å². The Bertz CT molecular complexity index is 379. The van der Waals surface area contributed by atoms with E-state index in [1.54, 1.807) is 0 Å². The van der Waals surface area contributed by atoms with Crippen molar-refractivity contribution in [2.75, 3.05) is 5.73 Å². The third-order valence-corrected chi connectivity index (χ3v) is 1.75. The molecule has 0 spiro atoms. The summed E-state index contributed by atoms with van der Waals surface area (Å²) in [6.07, 6.45) is -2.71. The van der Waals surface area contributed by atoms with Gasteiger partial charge in [0.15, 0.2) is 0 Å². The first-order valence-electron chi connectivity index (χ1n) is 3.78. The van der Waals surface area contributed by atoms with Crippen LogP contribution in [0.3, 0.4) is 0 Å². The summed E-state index contributed by atoms with van der Waals surface area (Å²) in [6, 6.07) is 1.21. The number of nitrogens with zero attached hydrogens (tertiary/aromatic N) is 1. The number of nitrogens with two attached hydrogens (primary N) is 2. The van der Waals surface area contributed by atoms with Gasteiger partial charge in [0, 0.05) is 0 Å². The lowest BCUT2D eigenvalue weighted by atomic mass is 10.1. The van der Waals surface area contributed by atoms with E-state index in [-0.39, 0.29) is 16.9 Å². The number of aromatic nitrogens is 1. The molecule has 4 N–H and O–H groups in total. The molecule has 0 bridgehead atoms. The van der Waals surface area contributed by atoms with Crippen molar-refractivity contribution in [2.45, 2.75) is 13.3 Å². The summed E-state index contributed by atoms with van der Waals surface area (Å²) < 4.78 is 24.6. The number of carbonyl (C=O) groups is 1. The summed E-state index contributed by atoms with van der Waals surface area (Å²) in [7, 11) is 0. The number of rotatable bonds is 2. The summed E-state index contributed by atoms with van der Waals surface area (Å²) in [5.74, 6) is -1.04. The molecule has 1 aromatic rings. The van der Waals surface area contributed by atoms with Gasteiger partial charge in [-0.1, -0.05) is 0 Å². The van der Waals surface area contributed by atoms with Crippen molar-refractivity contribution in [3.05, 3.63) is 22.9 Å². The van der Waals surface area contributed by atoms with Crippen molar-refractivity contribution in [1.82, 2.24) is 4.98 Å². The number of amides is 1. The Hall–Kier alpha value is -1.72. The van der Waals surface area contributed by atoms with E-state index in [0.717, 1.165) is 0 Å². The van der Waals surface area contributed by atoms with E-state index in [0.29, 0.717) is 0 Å². The third kappa shape index (κ3) is 1.78. The molecule has 0 aliphatic carbocycles. The van der Waals surface area contributed by atoms with Gasteiger partial charge in [-0.25, -0.2) is 13.8 Å². The highest BCUT2D eigenvalue weighted by Gasteiger charge is 2.16. The van der Waals surface area contributed by atoms with E-state index in [1.165, 1.54) is 13.0 Å². The number of alkyl halides is 2. The molecule has 1 aromatic heterocycles. The molecule has 1 amide bonds. The van der Waals surface area contributed by atoms with Crippen LogP contribution < -0.4 is 11.5 Å². The van der Waals surface area contributed by atoms with Gasteiger partial charge in [0.05, 0.1) is 5.56 Å². The molecule has 0 aliphatic heterocycles. The average Bonchev–Trinajstić information content (AvgIpc) is 2.07. The second-order valence-corrected chi connectivity index (χ2v) is 2.79. The highest BCUT2D eigenvalue weighted by atomic mass is 19.3. The lowest BCUT2D eigenvalue weighted by molar-refractivity contribution is 0.1000. The van der Waals surface area contributed by atoms with Crippen molar-refractivity contribution in [2.24, 2.45) is 5.73 Å². The first-order valence-corrected chi connectivity index (χ1v) is 3.78. The maximum absolute atomic E-state index is 12.3. The molecule has 0 aromatic carbocycles. The normalized spacial score (nSPS) is 10.6. The van der Waals surface area contributed by atoms with Gasteiger partial charge in [-0.3, -0.25) is 4.79 Å². The number of carbonyl (C=O) groups excluding carboxylic acids is 1. The number of primary amides is 1. The Labute approximate surface area is 78.9 Å². The number of nitrogen functional groups attached to an aromatic ring is 1. The molecule has 76 valence electrons. The fourth-order valence-electron chi connectivity index (χ4n) is 1.06. The van der Waals surface area contributed by atoms with Gasteiger partial charge in [-0.15, -0.1) is 0 Å². The first kappa shape index (κ1) is 10.4. The monoisotopic (exact) mass is 201 g/mol. The van der Waals surface area contributed by atoms with Crippen LogP contribution in [0.15, 0.2) is 6.07 Å². The summed E-state index contributed by atoms with van der Waals surface area (Å²) in [6.45, 7) is 1.42. The highest BCUT2D eigenvalue weighted by Crippen LogP contribution is 2.23. The van der Waals surface area contributed by atoms with Crippen molar-refractivity contribution in [3.63, 3.8) is 0 Å². The predicted molar refractivity (Wildman–Crippen MR) is 46.9 cm³/mol. The Morgan fingerprint density at radius 2 is 2.14 bits per heavy atom. The summed E-state index contributed by atoms with van der Waals surface area (Å²) in [5, 5.41) is 0. The van der Waals surface area contributed by atoms with Crippen molar-refractivity contribution in [1.29, 1.82) is 0 Å². The summed E-state index contributed by atoms with van der Waals surface area (Å²) in [5.41, 5.74) is 9.99. The van der Waals surface area contributed by atoms with Crippen LogP contribution >= 0.6 is 0 Å². The number of pyridine rings is 1.